The fraction of sp³-hybridized carbons (Fsp3) is 0.444. The molecule has 2 atom stereocenters. The van der Waals surface area contributed by atoms with Crippen LogP contribution in [0, 0.1) is 5.82 Å². The third-order valence-corrected chi connectivity index (χ3v) is 5.36. The van der Waals surface area contributed by atoms with Gasteiger partial charge in [0.1, 0.15) is 5.82 Å². The van der Waals surface area contributed by atoms with Crippen LogP contribution in [-0.2, 0) is 12.8 Å². The van der Waals surface area contributed by atoms with Crippen LogP contribution < -0.4 is 11.3 Å². The summed E-state index contributed by atoms with van der Waals surface area (Å²) >= 11 is 3.22. The Morgan fingerprint density at radius 1 is 1.46 bits per heavy atom. The summed E-state index contributed by atoms with van der Waals surface area (Å²) in [6, 6.07) is 5.07. The van der Waals surface area contributed by atoms with Crippen LogP contribution in [0.15, 0.2) is 33.8 Å². The maximum atomic E-state index is 14.4. The fourth-order valence-corrected chi connectivity index (χ4v) is 3.78. The minimum Gasteiger partial charge on any atom is -0.327 e. The Bertz CT molecular complexity index is 818. The molecule has 0 amide bonds. The molecule has 24 heavy (non-hydrogen) atoms. The molecule has 128 valence electrons. The first-order valence-corrected chi connectivity index (χ1v) is 8.97. The Morgan fingerprint density at radius 3 is 2.92 bits per heavy atom. The summed E-state index contributed by atoms with van der Waals surface area (Å²) in [4.78, 5) is 17.4. The van der Waals surface area contributed by atoms with Gasteiger partial charge in [0, 0.05) is 23.6 Å². The first-order chi connectivity index (χ1) is 11.4. The summed E-state index contributed by atoms with van der Waals surface area (Å²) in [6.07, 6.45) is 3.46. The van der Waals surface area contributed by atoms with E-state index in [1.807, 2.05) is 13.8 Å². The number of nitrogens with two attached hydrogens (primary N) is 1. The second-order valence-electron chi connectivity index (χ2n) is 6.64. The summed E-state index contributed by atoms with van der Waals surface area (Å²) in [5, 5.41) is 0. The average molecular weight is 394 g/mol. The average Bonchev–Trinajstić information content (AvgIpc) is 2.54. The predicted octanol–water partition coefficient (Wildman–Crippen LogP) is 3.33. The largest absolute Gasteiger partial charge is 0.327 e. The van der Waals surface area contributed by atoms with Gasteiger partial charge in [-0.2, -0.15) is 0 Å². The lowest BCUT2D eigenvalue weighted by Crippen LogP contribution is -2.41. The van der Waals surface area contributed by atoms with E-state index < -0.39 is 0 Å². The number of hydrogen-bond acceptors (Lipinski definition) is 3. The number of rotatable bonds is 3. The third kappa shape index (κ3) is 3.05. The molecule has 1 aromatic carbocycles. The highest BCUT2D eigenvalue weighted by molar-refractivity contribution is 9.10. The lowest BCUT2D eigenvalue weighted by molar-refractivity contribution is 0.436. The van der Waals surface area contributed by atoms with E-state index in [0.717, 1.165) is 12.1 Å². The minimum atomic E-state index is -0.287. The minimum absolute atomic E-state index is 0.0247. The van der Waals surface area contributed by atoms with Gasteiger partial charge in [0.25, 0.3) is 5.56 Å². The molecule has 2 N–H and O–H groups in total. The van der Waals surface area contributed by atoms with Gasteiger partial charge in [-0.15, -0.1) is 0 Å². The molecule has 0 fully saturated rings. The Balaban J connectivity index is 2.08. The van der Waals surface area contributed by atoms with Gasteiger partial charge >= 0.3 is 0 Å². The van der Waals surface area contributed by atoms with E-state index in [2.05, 4.69) is 20.9 Å². The fourth-order valence-electron chi connectivity index (χ4n) is 3.37. The van der Waals surface area contributed by atoms with Gasteiger partial charge in [-0.3, -0.25) is 9.36 Å². The highest BCUT2D eigenvalue weighted by atomic mass is 79.9. The van der Waals surface area contributed by atoms with Gasteiger partial charge in [-0.05, 0) is 60.7 Å². The molecular weight excluding hydrogens is 373 g/mol. The zero-order valence-corrected chi connectivity index (χ0v) is 15.4. The van der Waals surface area contributed by atoms with Crippen molar-refractivity contribution in [3.8, 4) is 0 Å². The topological polar surface area (TPSA) is 60.9 Å². The molecule has 6 heteroatoms. The van der Waals surface area contributed by atoms with Crippen molar-refractivity contribution < 1.29 is 4.39 Å². The van der Waals surface area contributed by atoms with Crippen molar-refractivity contribution in [1.82, 2.24) is 9.55 Å². The number of benzene rings is 1. The van der Waals surface area contributed by atoms with E-state index in [-0.39, 0.29) is 29.4 Å². The molecule has 0 spiro atoms. The van der Waals surface area contributed by atoms with Crippen molar-refractivity contribution in [3.63, 3.8) is 0 Å². The van der Waals surface area contributed by atoms with Gasteiger partial charge in [-0.25, -0.2) is 9.37 Å². The molecule has 0 unspecified atom stereocenters. The molecule has 1 aromatic heterocycles. The number of aryl methyl sites for hydroxylation is 1. The van der Waals surface area contributed by atoms with E-state index in [4.69, 9.17) is 5.73 Å². The third-order valence-electron chi connectivity index (χ3n) is 4.74. The van der Waals surface area contributed by atoms with E-state index >= 15 is 0 Å². The molecule has 0 aliphatic heterocycles. The second-order valence-corrected chi connectivity index (χ2v) is 7.49. The monoisotopic (exact) mass is 393 g/mol. The van der Waals surface area contributed by atoms with Crippen LogP contribution in [0.1, 0.15) is 49.0 Å². The van der Waals surface area contributed by atoms with E-state index in [1.54, 1.807) is 29.1 Å². The van der Waals surface area contributed by atoms with Crippen LogP contribution in [0.5, 0.6) is 0 Å². The number of aromatic nitrogens is 2. The molecule has 0 saturated heterocycles. The summed E-state index contributed by atoms with van der Waals surface area (Å²) in [6.45, 7) is 3.89. The zero-order chi connectivity index (χ0) is 17.4. The van der Waals surface area contributed by atoms with Crippen LogP contribution in [0.4, 0.5) is 4.39 Å². The number of hydrogen-bond donors (Lipinski definition) is 1. The lowest BCUT2D eigenvalue weighted by atomic mass is 9.79. The standard InChI is InChI=1S/C18H21BrFN3O/c1-10(2)23-9-22-15-7-6-14(21)12(16(15)18(23)24)8-11-4-3-5-13(19)17(11)20/h3-5,9-10,12,14H,6-8,21H2,1-2H3/t12-,14-/m0/s1. The number of halogens is 2. The molecule has 2 aromatic rings. The summed E-state index contributed by atoms with van der Waals surface area (Å²) in [7, 11) is 0. The molecule has 0 radical (unpaired) electrons. The highest BCUT2D eigenvalue weighted by Gasteiger charge is 2.32. The maximum absolute atomic E-state index is 14.4. The van der Waals surface area contributed by atoms with Crippen LogP contribution >= 0.6 is 15.9 Å². The van der Waals surface area contributed by atoms with Crippen molar-refractivity contribution >= 4 is 15.9 Å². The quantitative estimate of drug-likeness (QED) is 0.869. The van der Waals surface area contributed by atoms with Crippen molar-refractivity contribution in [3.05, 3.63) is 62.0 Å². The molecule has 0 saturated carbocycles. The van der Waals surface area contributed by atoms with Gasteiger partial charge in [0.15, 0.2) is 0 Å². The Morgan fingerprint density at radius 2 is 2.21 bits per heavy atom. The molecule has 1 aliphatic carbocycles. The lowest BCUT2D eigenvalue weighted by Gasteiger charge is -2.31. The molecule has 1 heterocycles. The second kappa shape index (κ2) is 6.76. The van der Waals surface area contributed by atoms with Crippen molar-refractivity contribution in [2.45, 2.75) is 51.1 Å². The highest BCUT2D eigenvalue weighted by Crippen LogP contribution is 2.32. The van der Waals surface area contributed by atoms with E-state index in [1.165, 1.54) is 0 Å². The smallest absolute Gasteiger partial charge is 0.257 e. The summed E-state index contributed by atoms with van der Waals surface area (Å²) in [5.74, 6) is -0.506. The van der Waals surface area contributed by atoms with E-state index in [0.29, 0.717) is 28.4 Å². The number of nitrogens with zero attached hydrogens (tertiary/aromatic N) is 2. The molecular formula is C18H21BrFN3O. The first kappa shape index (κ1) is 17.3. The molecule has 0 bridgehead atoms. The first-order valence-electron chi connectivity index (χ1n) is 8.18. The predicted molar refractivity (Wildman–Crippen MR) is 95.7 cm³/mol. The van der Waals surface area contributed by atoms with E-state index in [9.17, 15) is 9.18 Å². The molecule has 4 nitrogen and oxygen atoms in total. The number of fused-ring (bicyclic) bond motifs is 1. The van der Waals surface area contributed by atoms with Crippen molar-refractivity contribution in [2.24, 2.45) is 5.73 Å². The van der Waals surface area contributed by atoms with Gasteiger partial charge in [0.2, 0.25) is 0 Å². The zero-order valence-electron chi connectivity index (χ0n) is 13.8. The Hall–Kier alpha value is -1.53. The Labute approximate surface area is 149 Å². The SMILES string of the molecule is CC(C)n1cnc2c(c1=O)[C@@H](Cc1cccc(Br)c1F)[C@@H](N)CC2. The van der Waals surface area contributed by atoms with Crippen LogP contribution in [0.3, 0.4) is 0 Å². The summed E-state index contributed by atoms with van der Waals surface area (Å²) in [5.41, 5.74) is 8.29. The Kier molecular flexibility index (Phi) is 4.88. The van der Waals surface area contributed by atoms with Crippen LogP contribution in [0.25, 0.3) is 0 Å². The van der Waals surface area contributed by atoms with Crippen molar-refractivity contribution in [1.29, 1.82) is 0 Å². The molecule has 3 rings (SSSR count). The van der Waals surface area contributed by atoms with Crippen LogP contribution in [0.2, 0.25) is 0 Å². The van der Waals surface area contributed by atoms with Gasteiger partial charge in [-0.1, -0.05) is 12.1 Å². The molecule has 1 aliphatic rings. The van der Waals surface area contributed by atoms with Gasteiger partial charge < -0.3 is 5.73 Å². The maximum Gasteiger partial charge on any atom is 0.257 e. The van der Waals surface area contributed by atoms with Crippen LogP contribution in [-0.4, -0.2) is 15.6 Å². The summed E-state index contributed by atoms with van der Waals surface area (Å²) < 4.78 is 16.4. The van der Waals surface area contributed by atoms with Crippen molar-refractivity contribution in [2.75, 3.05) is 0 Å². The normalized spacial score (nSPS) is 20.2. The van der Waals surface area contributed by atoms with Gasteiger partial charge in [0.05, 0.1) is 16.5 Å².